The molecule has 1 atom stereocenters. The molecule has 7 nitrogen and oxygen atoms in total. The summed E-state index contributed by atoms with van der Waals surface area (Å²) in [5.74, 6) is 0.252. The summed E-state index contributed by atoms with van der Waals surface area (Å²) in [5, 5.41) is 6.00. The molecule has 7 heteroatoms. The van der Waals surface area contributed by atoms with E-state index in [9.17, 15) is 9.59 Å². The van der Waals surface area contributed by atoms with Crippen molar-refractivity contribution in [1.29, 1.82) is 0 Å². The van der Waals surface area contributed by atoms with Gasteiger partial charge in [-0.1, -0.05) is 43.3 Å². The van der Waals surface area contributed by atoms with Gasteiger partial charge in [0.1, 0.15) is 11.9 Å². The molecule has 1 aromatic heterocycles. The van der Waals surface area contributed by atoms with Crippen LogP contribution < -0.4 is 10.6 Å². The zero-order chi connectivity index (χ0) is 25.0. The van der Waals surface area contributed by atoms with Crippen molar-refractivity contribution in [2.75, 3.05) is 32.7 Å². The molecule has 0 fully saturated rings. The summed E-state index contributed by atoms with van der Waals surface area (Å²) in [4.78, 5) is 29.8. The van der Waals surface area contributed by atoms with Crippen LogP contribution >= 0.6 is 0 Å². The van der Waals surface area contributed by atoms with Crippen LogP contribution in [0.25, 0.3) is 0 Å². The number of esters is 1. The number of nitrogens with zero attached hydrogens (tertiary/aromatic N) is 1. The third-order valence-electron chi connectivity index (χ3n) is 6.03. The number of methoxy groups -OCH3 is 1. The lowest BCUT2D eigenvalue weighted by Crippen LogP contribution is -2.49. The molecule has 0 radical (unpaired) electrons. The topological polar surface area (TPSA) is 89.5 Å². The normalized spacial score (nSPS) is 12.1. The molecule has 0 aliphatic rings. The van der Waals surface area contributed by atoms with Crippen molar-refractivity contribution in [3.05, 3.63) is 59.3 Å². The number of aryl methyl sites for hydroxylation is 2. The molecule has 0 aliphatic carbocycles. The minimum absolute atomic E-state index is 0.225. The second-order valence-electron chi connectivity index (χ2n) is 8.81. The van der Waals surface area contributed by atoms with E-state index >= 15 is 0 Å². The molecular formula is C27H39N3O4. The van der Waals surface area contributed by atoms with Crippen LogP contribution in [0.1, 0.15) is 56.9 Å². The zero-order valence-electron chi connectivity index (χ0n) is 21.1. The average molecular weight is 470 g/mol. The molecule has 2 rings (SSSR count). The van der Waals surface area contributed by atoms with Crippen molar-refractivity contribution in [2.45, 2.75) is 64.3 Å². The molecule has 1 unspecified atom stereocenters. The van der Waals surface area contributed by atoms with Gasteiger partial charge in [0.05, 0.1) is 12.5 Å². The van der Waals surface area contributed by atoms with Gasteiger partial charge in [-0.15, -0.1) is 0 Å². The number of pyridine rings is 1. The highest BCUT2D eigenvalue weighted by Crippen LogP contribution is 2.23. The van der Waals surface area contributed by atoms with Crippen LogP contribution in [0.2, 0.25) is 0 Å². The van der Waals surface area contributed by atoms with E-state index in [2.05, 4.69) is 34.7 Å². The molecule has 0 spiro atoms. The number of ether oxygens (including phenoxy) is 2. The number of benzene rings is 1. The van der Waals surface area contributed by atoms with Gasteiger partial charge in [0, 0.05) is 32.4 Å². The number of nitrogens with one attached hydrogen (secondary N) is 2. The Balaban J connectivity index is 1.76. The fraction of sp³-hybridized carbons (Fsp3) is 0.519. The minimum Gasteiger partial charge on any atom is -0.467 e. The molecule has 0 bridgehead atoms. The molecule has 34 heavy (non-hydrogen) atoms. The van der Waals surface area contributed by atoms with Crippen LogP contribution in [0.4, 0.5) is 5.82 Å². The van der Waals surface area contributed by atoms with Crippen molar-refractivity contribution in [2.24, 2.45) is 0 Å². The number of unbranched alkanes of at least 4 members (excludes halogenated alkanes) is 1. The van der Waals surface area contributed by atoms with E-state index in [1.165, 1.54) is 12.7 Å². The standard InChI is InChI=1S/C27H39N3O4/c1-6-20-15-16-22(29-24(20)28-4)14-10-11-18-34-19-17-23(25(31)33-5)30-26(32)27(2,3)21-12-8-7-9-13-21/h7-9,12-13,15-16,23H,6,10-11,14,17-19H2,1-5H3,(H,28,29)(H,30,32). The third-order valence-corrected chi connectivity index (χ3v) is 6.03. The number of carbonyl (C=O) groups excluding carboxylic acids is 2. The predicted molar refractivity (Wildman–Crippen MR) is 135 cm³/mol. The Labute approximate surface area is 203 Å². The van der Waals surface area contributed by atoms with E-state index in [4.69, 9.17) is 9.47 Å². The van der Waals surface area contributed by atoms with Crippen molar-refractivity contribution in [3.63, 3.8) is 0 Å². The first-order valence-electron chi connectivity index (χ1n) is 12.0. The van der Waals surface area contributed by atoms with Crippen LogP contribution in [0.5, 0.6) is 0 Å². The van der Waals surface area contributed by atoms with E-state index in [0.29, 0.717) is 19.6 Å². The Morgan fingerprint density at radius 1 is 1.06 bits per heavy atom. The second-order valence-corrected chi connectivity index (χ2v) is 8.81. The van der Waals surface area contributed by atoms with Crippen LogP contribution in [0.3, 0.4) is 0 Å². The van der Waals surface area contributed by atoms with Crippen LogP contribution in [-0.4, -0.2) is 50.3 Å². The Hall–Kier alpha value is -2.93. The summed E-state index contributed by atoms with van der Waals surface area (Å²) in [6, 6.07) is 13.0. The highest BCUT2D eigenvalue weighted by Gasteiger charge is 2.33. The predicted octanol–water partition coefficient (Wildman–Crippen LogP) is 4.05. The van der Waals surface area contributed by atoms with E-state index in [1.807, 2.05) is 51.2 Å². The lowest BCUT2D eigenvalue weighted by Gasteiger charge is -2.27. The number of hydrogen-bond donors (Lipinski definition) is 2. The lowest BCUT2D eigenvalue weighted by atomic mass is 9.83. The highest BCUT2D eigenvalue weighted by molar-refractivity contribution is 5.91. The maximum absolute atomic E-state index is 12.9. The van der Waals surface area contributed by atoms with Gasteiger partial charge in [-0.25, -0.2) is 9.78 Å². The largest absolute Gasteiger partial charge is 0.467 e. The van der Waals surface area contributed by atoms with Crippen LogP contribution in [0.15, 0.2) is 42.5 Å². The number of amides is 1. The summed E-state index contributed by atoms with van der Waals surface area (Å²) >= 11 is 0. The van der Waals surface area contributed by atoms with Crippen molar-refractivity contribution in [1.82, 2.24) is 10.3 Å². The molecule has 0 saturated heterocycles. The Morgan fingerprint density at radius 3 is 2.44 bits per heavy atom. The second kappa shape index (κ2) is 13.7. The first kappa shape index (κ1) is 27.3. The van der Waals surface area contributed by atoms with Crippen molar-refractivity contribution in [3.8, 4) is 0 Å². The monoisotopic (exact) mass is 469 g/mol. The molecule has 1 aromatic carbocycles. The summed E-state index contributed by atoms with van der Waals surface area (Å²) in [5.41, 5.74) is 2.39. The first-order valence-corrected chi connectivity index (χ1v) is 12.0. The van der Waals surface area contributed by atoms with E-state index in [0.717, 1.165) is 42.8 Å². The maximum Gasteiger partial charge on any atom is 0.328 e. The van der Waals surface area contributed by atoms with Crippen molar-refractivity contribution >= 4 is 17.7 Å². The van der Waals surface area contributed by atoms with Gasteiger partial charge < -0.3 is 20.1 Å². The van der Waals surface area contributed by atoms with Crippen LogP contribution in [0, 0.1) is 0 Å². The number of aromatic nitrogens is 1. The Bertz CT molecular complexity index is 915. The van der Waals surface area contributed by atoms with Crippen LogP contribution in [-0.2, 0) is 37.3 Å². The van der Waals surface area contributed by atoms with Gasteiger partial charge >= 0.3 is 5.97 Å². The van der Waals surface area contributed by atoms with Gasteiger partial charge in [-0.3, -0.25) is 4.79 Å². The number of carbonyl (C=O) groups is 2. The summed E-state index contributed by atoms with van der Waals surface area (Å²) in [6.07, 6.45) is 4.05. The molecule has 1 amide bonds. The summed E-state index contributed by atoms with van der Waals surface area (Å²) < 4.78 is 10.6. The summed E-state index contributed by atoms with van der Waals surface area (Å²) in [7, 11) is 3.22. The van der Waals surface area contributed by atoms with E-state index in [-0.39, 0.29) is 5.91 Å². The molecule has 186 valence electrons. The molecular weight excluding hydrogens is 430 g/mol. The SMILES string of the molecule is CCc1ccc(CCCCOCCC(NC(=O)C(C)(C)c2ccccc2)C(=O)OC)nc1NC. The average Bonchev–Trinajstić information content (AvgIpc) is 2.86. The van der Waals surface area contributed by atoms with Crippen molar-refractivity contribution < 1.29 is 19.1 Å². The van der Waals surface area contributed by atoms with E-state index in [1.54, 1.807) is 0 Å². The fourth-order valence-corrected chi connectivity index (χ4v) is 3.70. The minimum atomic E-state index is -0.773. The molecule has 0 aliphatic heterocycles. The van der Waals surface area contributed by atoms with Gasteiger partial charge in [0.2, 0.25) is 5.91 Å². The van der Waals surface area contributed by atoms with Gasteiger partial charge in [-0.05, 0) is 56.7 Å². The first-order chi connectivity index (χ1) is 16.3. The Kier molecular flexibility index (Phi) is 11.0. The van der Waals surface area contributed by atoms with E-state index < -0.39 is 17.4 Å². The third kappa shape index (κ3) is 7.83. The zero-order valence-corrected chi connectivity index (χ0v) is 21.1. The smallest absolute Gasteiger partial charge is 0.328 e. The molecule has 2 aromatic rings. The molecule has 2 N–H and O–H groups in total. The highest BCUT2D eigenvalue weighted by atomic mass is 16.5. The number of hydrogen-bond acceptors (Lipinski definition) is 6. The van der Waals surface area contributed by atoms with Gasteiger partial charge in [0.25, 0.3) is 0 Å². The number of rotatable bonds is 14. The maximum atomic E-state index is 12.9. The lowest BCUT2D eigenvalue weighted by molar-refractivity contribution is -0.146. The molecule has 0 saturated carbocycles. The summed E-state index contributed by atoms with van der Waals surface area (Å²) in [6.45, 7) is 6.75. The number of anilines is 1. The Morgan fingerprint density at radius 2 is 1.79 bits per heavy atom. The quantitative estimate of drug-likeness (QED) is 0.320. The molecule has 1 heterocycles. The fourth-order valence-electron chi connectivity index (χ4n) is 3.70. The van der Waals surface area contributed by atoms with Gasteiger partial charge in [-0.2, -0.15) is 0 Å². The van der Waals surface area contributed by atoms with Gasteiger partial charge in [0.15, 0.2) is 0 Å².